The summed E-state index contributed by atoms with van der Waals surface area (Å²) in [5.41, 5.74) is -0.122. The fourth-order valence-corrected chi connectivity index (χ4v) is 9.19. The largest absolute Gasteiger partial charge is 0.460 e. The van der Waals surface area contributed by atoms with Gasteiger partial charge in [0.05, 0.1) is 30.9 Å². The normalized spacial score (nSPS) is 16.4. The van der Waals surface area contributed by atoms with Gasteiger partial charge in [0.15, 0.2) is 11.6 Å². The molecule has 3 aromatic rings. The lowest BCUT2D eigenvalue weighted by molar-refractivity contribution is -0.156. The van der Waals surface area contributed by atoms with Crippen molar-refractivity contribution in [2.75, 3.05) is 20.3 Å². The number of nitrogens with zero attached hydrogens (tertiary/aromatic N) is 4. The van der Waals surface area contributed by atoms with Crippen molar-refractivity contribution >= 4 is 22.1 Å². The van der Waals surface area contributed by atoms with Gasteiger partial charge in [-0.1, -0.05) is 118 Å². The van der Waals surface area contributed by atoms with E-state index >= 15 is 0 Å². The molecule has 0 spiro atoms. The quantitative estimate of drug-likeness (QED) is 0.0536. The second kappa shape index (κ2) is 26.4. The Kier molecular flexibility index (Phi) is 21.8. The number of nitrogens with one attached hydrogen (secondary N) is 1. The Labute approximate surface area is 382 Å². The fraction of sp³-hybridized carbons (Fsp3) is 0.750. The lowest BCUT2D eigenvalue weighted by Crippen LogP contribution is -2.25. The number of rotatable bonds is 23. The summed E-state index contributed by atoms with van der Waals surface area (Å²) in [5.74, 6) is 2.25. The first-order chi connectivity index (χ1) is 30.4. The summed E-state index contributed by atoms with van der Waals surface area (Å²) in [4.78, 5) is 33.9. The predicted octanol–water partition coefficient (Wildman–Crippen LogP) is 10.2. The van der Waals surface area contributed by atoms with E-state index in [1.165, 1.54) is 82.8 Å². The Hall–Kier alpha value is -3.73. The lowest BCUT2D eigenvalue weighted by Gasteiger charge is -2.23. The molecule has 1 aromatic carbocycles. The van der Waals surface area contributed by atoms with Crippen molar-refractivity contribution in [1.82, 2.24) is 25.6 Å². The van der Waals surface area contributed by atoms with Gasteiger partial charge in [-0.2, -0.15) is 18.4 Å². The minimum absolute atomic E-state index is 0.0670. The molecule has 2 atom stereocenters. The molecule has 2 aliphatic carbocycles. The monoisotopic (exact) mass is 916 g/mol. The maximum Gasteiger partial charge on any atom is 0.307 e. The van der Waals surface area contributed by atoms with Crippen LogP contribution in [0.2, 0.25) is 0 Å². The van der Waals surface area contributed by atoms with E-state index < -0.39 is 21.3 Å². The van der Waals surface area contributed by atoms with Crippen molar-refractivity contribution in [3.05, 3.63) is 53.3 Å². The van der Waals surface area contributed by atoms with Crippen molar-refractivity contribution in [3.8, 4) is 0 Å². The predicted molar refractivity (Wildman–Crippen MR) is 243 cm³/mol. The molecule has 0 bridgehead atoms. The van der Waals surface area contributed by atoms with Gasteiger partial charge in [-0.3, -0.25) is 13.8 Å². The smallest absolute Gasteiger partial charge is 0.307 e. The van der Waals surface area contributed by atoms with Crippen molar-refractivity contribution in [2.45, 2.75) is 205 Å². The Bertz CT molecular complexity index is 1910. The molecule has 16 heteroatoms. The summed E-state index contributed by atoms with van der Waals surface area (Å²) < 4.78 is 57.1. The second-order valence-corrected chi connectivity index (χ2v) is 21.3. The molecule has 0 aliphatic heterocycles. The minimum atomic E-state index is -3.95. The maximum atomic E-state index is 12.5. The third-order valence-electron chi connectivity index (χ3n) is 11.5. The second-order valence-electron chi connectivity index (χ2n) is 19.6. The van der Waals surface area contributed by atoms with Crippen molar-refractivity contribution in [3.63, 3.8) is 0 Å². The van der Waals surface area contributed by atoms with Crippen LogP contribution in [-0.2, 0) is 51.3 Å². The van der Waals surface area contributed by atoms with Crippen LogP contribution in [0.25, 0.3) is 0 Å². The van der Waals surface area contributed by atoms with E-state index in [4.69, 9.17) is 27.4 Å². The highest BCUT2D eigenvalue weighted by Crippen LogP contribution is 2.33. The average Bonchev–Trinajstić information content (AvgIpc) is 3.92. The van der Waals surface area contributed by atoms with E-state index in [1.54, 1.807) is 19.2 Å². The van der Waals surface area contributed by atoms with Crippen LogP contribution in [-0.4, -0.2) is 72.1 Å². The van der Waals surface area contributed by atoms with Crippen LogP contribution >= 0.6 is 0 Å². The molecular weight excluding hydrogens is 839 g/mol. The number of hydrogen-bond donors (Lipinski definition) is 1. The molecule has 2 saturated carbocycles. The lowest BCUT2D eigenvalue weighted by atomic mass is 9.84. The van der Waals surface area contributed by atoms with Crippen LogP contribution in [0.15, 0.2) is 38.2 Å². The summed E-state index contributed by atoms with van der Waals surface area (Å²) in [6, 6.07) is 6.40. The maximum absolute atomic E-state index is 12.5. The van der Waals surface area contributed by atoms with E-state index in [1.807, 2.05) is 48.5 Å². The Morgan fingerprint density at radius 1 is 0.734 bits per heavy atom. The van der Waals surface area contributed by atoms with Gasteiger partial charge in [0.25, 0.3) is 10.1 Å². The third kappa shape index (κ3) is 20.6. The van der Waals surface area contributed by atoms with Crippen LogP contribution in [0.3, 0.4) is 0 Å². The highest BCUT2D eigenvalue weighted by Gasteiger charge is 2.29. The first-order valence-electron chi connectivity index (χ1n) is 23.6. The number of aryl methyl sites for hydroxylation is 1. The van der Waals surface area contributed by atoms with E-state index in [-0.39, 0.29) is 53.9 Å². The molecular formula is C48H77N5O10S. The van der Waals surface area contributed by atoms with Gasteiger partial charge < -0.3 is 28.6 Å². The van der Waals surface area contributed by atoms with Crippen LogP contribution < -0.4 is 5.32 Å². The summed E-state index contributed by atoms with van der Waals surface area (Å²) in [6.45, 7) is 14.6. The first-order valence-corrected chi connectivity index (χ1v) is 25.0. The number of carbonyl (C=O) groups is 2. The Morgan fingerprint density at radius 2 is 1.20 bits per heavy atom. The average molecular weight is 916 g/mol. The Balaban J connectivity index is 0.000000286. The topological polar surface area (TPSA) is 195 Å². The highest BCUT2D eigenvalue weighted by molar-refractivity contribution is 7.86. The third-order valence-corrected chi connectivity index (χ3v) is 12.8. The van der Waals surface area contributed by atoms with Gasteiger partial charge in [-0.25, -0.2) is 0 Å². The first kappa shape index (κ1) is 52.9. The fourth-order valence-electron chi connectivity index (χ4n) is 8.33. The molecule has 0 unspecified atom stereocenters. The van der Waals surface area contributed by atoms with E-state index in [0.717, 1.165) is 56.0 Å². The van der Waals surface area contributed by atoms with E-state index in [2.05, 4.69) is 25.6 Å². The number of carbonyl (C=O) groups excluding carboxylic acids is 2. The standard InChI is InChI=1S/C26H38N2O6S.C22H39N3O4/c1-19-13-15-22(16-14-19)35(30,31)32-18-23-27-25(34-28-23)21(17-24(29)33-26(2,3)4)12-8-11-20-9-6-5-7-10-20;1-22(2,3)28-20(26)15-18(12-8-11-17-9-6-5-7-10-17)21-24-19(25-29-21)16-23-13-14-27-4/h13-16,20-21H,5-12,17-18H2,1-4H3;17-18,23H,5-16H2,1-4H3/t21-;18-/m11/s1. The number of hydrogen-bond acceptors (Lipinski definition) is 15. The summed E-state index contributed by atoms with van der Waals surface area (Å²) in [7, 11) is -2.28. The van der Waals surface area contributed by atoms with Gasteiger partial charge in [-0.05, 0) is 85.3 Å². The molecule has 0 amide bonds. The molecule has 15 nitrogen and oxygen atoms in total. The van der Waals surface area contributed by atoms with Gasteiger partial charge in [-0.15, -0.1) is 0 Å². The van der Waals surface area contributed by atoms with Gasteiger partial charge >= 0.3 is 11.9 Å². The molecule has 1 N–H and O–H groups in total. The SMILES string of the molecule is COCCNCc1noc([C@H](CCCC2CCCCC2)CC(=O)OC(C)(C)C)n1.Cc1ccc(S(=O)(=O)OCc2noc([C@H](CCCC3CCCCC3)CC(=O)OC(C)(C)C)n2)cc1. The number of esters is 2. The molecule has 360 valence electrons. The number of aromatic nitrogens is 4. The minimum Gasteiger partial charge on any atom is -0.460 e. The van der Waals surface area contributed by atoms with Crippen LogP contribution in [0.1, 0.15) is 198 Å². The Morgan fingerprint density at radius 3 is 1.67 bits per heavy atom. The molecule has 0 saturated heterocycles. The summed E-state index contributed by atoms with van der Waals surface area (Å²) >= 11 is 0. The van der Waals surface area contributed by atoms with Crippen LogP contribution in [0, 0.1) is 18.8 Å². The van der Waals surface area contributed by atoms with E-state index in [9.17, 15) is 18.0 Å². The van der Waals surface area contributed by atoms with Gasteiger partial charge in [0, 0.05) is 25.5 Å². The number of ether oxygens (including phenoxy) is 3. The highest BCUT2D eigenvalue weighted by atomic mass is 32.2. The van der Waals surface area contributed by atoms with Crippen molar-refractivity contribution < 1.29 is 45.4 Å². The molecule has 2 heterocycles. The molecule has 64 heavy (non-hydrogen) atoms. The molecule has 2 aliphatic rings. The molecule has 2 aromatic heterocycles. The van der Waals surface area contributed by atoms with Gasteiger partial charge in [0.1, 0.15) is 17.8 Å². The number of benzene rings is 1. The molecule has 2 fully saturated rings. The zero-order valence-electron chi connectivity index (χ0n) is 40.0. The van der Waals surface area contributed by atoms with Crippen LogP contribution in [0.4, 0.5) is 0 Å². The van der Waals surface area contributed by atoms with Crippen LogP contribution in [0.5, 0.6) is 0 Å². The summed E-state index contributed by atoms with van der Waals surface area (Å²) in [6.07, 6.45) is 19.6. The zero-order chi connectivity index (χ0) is 46.6. The summed E-state index contributed by atoms with van der Waals surface area (Å²) in [5, 5.41) is 11.2. The van der Waals surface area contributed by atoms with Gasteiger partial charge in [0.2, 0.25) is 11.8 Å². The zero-order valence-corrected chi connectivity index (χ0v) is 40.8. The van der Waals surface area contributed by atoms with Crippen molar-refractivity contribution in [1.29, 1.82) is 0 Å². The molecule has 0 radical (unpaired) electrons. The number of methoxy groups -OCH3 is 1. The molecule has 5 rings (SSSR count). The van der Waals surface area contributed by atoms with Crippen molar-refractivity contribution in [2.24, 2.45) is 11.8 Å². The van der Waals surface area contributed by atoms with E-state index in [0.29, 0.717) is 30.8 Å².